The van der Waals surface area contributed by atoms with Crippen molar-refractivity contribution in [1.82, 2.24) is 4.98 Å². The Labute approximate surface area is 101 Å². The van der Waals surface area contributed by atoms with Crippen LogP contribution in [0.15, 0.2) is 30.5 Å². The lowest BCUT2D eigenvalue weighted by atomic mass is 10.1. The fraction of sp³-hybridized carbons (Fsp3) is 0.357. The highest BCUT2D eigenvalue weighted by molar-refractivity contribution is 5.92. The molecule has 86 valence electrons. The molecule has 0 atom stereocenters. The van der Waals surface area contributed by atoms with Crippen LogP contribution in [0, 0.1) is 16.7 Å². The van der Waals surface area contributed by atoms with Crippen molar-refractivity contribution in [1.29, 1.82) is 5.26 Å². The maximum absolute atomic E-state index is 9.13. The van der Waals surface area contributed by atoms with Gasteiger partial charge in [0.15, 0.2) is 0 Å². The van der Waals surface area contributed by atoms with Gasteiger partial charge in [-0.15, -0.1) is 0 Å². The van der Waals surface area contributed by atoms with Crippen molar-refractivity contribution in [2.24, 2.45) is 5.41 Å². The lowest BCUT2D eigenvalue weighted by Crippen LogP contribution is -2.25. The van der Waals surface area contributed by atoms with E-state index in [0.717, 1.165) is 24.9 Å². The third-order valence-electron chi connectivity index (χ3n) is 3.61. The van der Waals surface area contributed by atoms with E-state index in [9.17, 15) is 0 Å². The van der Waals surface area contributed by atoms with Crippen molar-refractivity contribution in [3.63, 3.8) is 0 Å². The van der Waals surface area contributed by atoms with Crippen molar-refractivity contribution in [3.8, 4) is 6.07 Å². The molecule has 3 nitrogen and oxygen atoms in total. The zero-order valence-corrected chi connectivity index (χ0v) is 9.90. The Morgan fingerprint density at radius 2 is 2.18 bits per heavy atom. The lowest BCUT2D eigenvalue weighted by Gasteiger charge is -2.20. The number of nitriles is 1. The number of H-pyrrole nitrogens is 1. The van der Waals surface area contributed by atoms with Crippen LogP contribution in [0.5, 0.6) is 0 Å². The van der Waals surface area contributed by atoms with Crippen LogP contribution in [0.2, 0.25) is 0 Å². The van der Waals surface area contributed by atoms with Crippen LogP contribution in [-0.2, 0) is 0 Å². The highest BCUT2D eigenvalue weighted by Gasteiger charge is 2.44. The number of nitrogens with zero attached hydrogens (tertiary/aromatic N) is 2. The van der Waals surface area contributed by atoms with Crippen LogP contribution in [-0.4, -0.2) is 18.6 Å². The molecule has 1 aromatic carbocycles. The number of fused-ring (bicyclic) bond motifs is 1. The van der Waals surface area contributed by atoms with E-state index in [0.29, 0.717) is 0 Å². The lowest BCUT2D eigenvalue weighted by molar-refractivity contribution is 0.654. The van der Waals surface area contributed by atoms with Gasteiger partial charge in [-0.25, -0.2) is 0 Å². The summed E-state index contributed by atoms with van der Waals surface area (Å²) >= 11 is 0. The maximum atomic E-state index is 9.13. The van der Waals surface area contributed by atoms with E-state index in [2.05, 4.69) is 35.1 Å². The number of para-hydroxylation sites is 1. The van der Waals surface area contributed by atoms with Gasteiger partial charge in [0.1, 0.15) is 0 Å². The van der Waals surface area contributed by atoms with Crippen LogP contribution in [0.25, 0.3) is 10.9 Å². The minimum absolute atomic E-state index is 0.0902. The minimum atomic E-state index is -0.0902. The van der Waals surface area contributed by atoms with Gasteiger partial charge in [0.2, 0.25) is 0 Å². The first-order valence-electron chi connectivity index (χ1n) is 5.93. The van der Waals surface area contributed by atoms with Gasteiger partial charge in [-0.1, -0.05) is 18.2 Å². The number of nitrogens with one attached hydrogen (secondary N) is 1. The monoisotopic (exact) mass is 225 g/mol. The molecule has 0 radical (unpaired) electrons. The zero-order chi connectivity index (χ0) is 11.9. The van der Waals surface area contributed by atoms with Crippen LogP contribution in [0.1, 0.15) is 12.8 Å². The first-order valence-corrected chi connectivity index (χ1v) is 5.93. The Bertz CT molecular complexity index is 587. The fourth-order valence-corrected chi connectivity index (χ4v) is 2.37. The van der Waals surface area contributed by atoms with Gasteiger partial charge in [-0.05, 0) is 18.9 Å². The third kappa shape index (κ3) is 1.66. The van der Waals surface area contributed by atoms with E-state index in [1.165, 1.54) is 11.1 Å². The number of hydrogen-bond donors (Lipinski definition) is 1. The second-order valence-corrected chi connectivity index (χ2v) is 4.97. The molecule has 1 aromatic heterocycles. The molecule has 0 aliphatic heterocycles. The Hall–Kier alpha value is -1.95. The summed E-state index contributed by atoms with van der Waals surface area (Å²) in [5.41, 5.74) is 2.24. The average molecular weight is 225 g/mol. The number of anilines is 1. The molecule has 1 aliphatic rings. The van der Waals surface area contributed by atoms with Crippen LogP contribution >= 0.6 is 0 Å². The predicted molar refractivity (Wildman–Crippen MR) is 68.8 cm³/mol. The Balaban J connectivity index is 1.91. The molecule has 17 heavy (non-hydrogen) atoms. The topological polar surface area (TPSA) is 42.8 Å². The van der Waals surface area contributed by atoms with Crippen LogP contribution in [0.4, 0.5) is 5.69 Å². The summed E-state index contributed by atoms with van der Waals surface area (Å²) in [5, 5.41) is 10.4. The third-order valence-corrected chi connectivity index (χ3v) is 3.61. The standard InChI is InChI=1S/C14H15N3/c1-17(10-14(9-15)6-7-14)13-8-16-12-5-3-2-4-11(12)13/h2-5,8,16H,6-7,10H2,1H3. The summed E-state index contributed by atoms with van der Waals surface area (Å²) in [6.07, 6.45) is 4.10. The van der Waals surface area contributed by atoms with Crippen LogP contribution in [0.3, 0.4) is 0 Å². The molecule has 0 bridgehead atoms. The second kappa shape index (κ2) is 3.53. The number of benzene rings is 1. The first-order chi connectivity index (χ1) is 8.24. The molecule has 3 heteroatoms. The summed E-state index contributed by atoms with van der Waals surface area (Å²) < 4.78 is 0. The van der Waals surface area contributed by atoms with Gasteiger partial charge < -0.3 is 9.88 Å². The average Bonchev–Trinajstić information content (AvgIpc) is 2.99. The Morgan fingerprint density at radius 3 is 2.88 bits per heavy atom. The molecular weight excluding hydrogens is 210 g/mol. The van der Waals surface area contributed by atoms with Crippen molar-refractivity contribution in [2.75, 3.05) is 18.5 Å². The number of aromatic nitrogens is 1. The van der Waals surface area contributed by atoms with E-state index < -0.39 is 0 Å². The van der Waals surface area contributed by atoms with Gasteiger partial charge >= 0.3 is 0 Å². The normalized spacial score (nSPS) is 16.7. The second-order valence-electron chi connectivity index (χ2n) is 4.97. The molecular formula is C14H15N3. The molecule has 1 aliphatic carbocycles. The van der Waals surface area contributed by atoms with Gasteiger partial charge in [0, 0.05) is 30.7 Å². The SMILES string of the molecule is CN(CC1(C#N)CC1)c1c[nH]c2ccccc12. The molecule has 3 rings (SSSR count). The van der Waals surface area contributed by atoms with E-state index in [1.807, 2.05) is 18.3 Å². The first kappa shape index (κ1) is 10.2. The van der Waals surface area contributed by atoms with Crippen molar-refractivity contribution >= 4 is 16.6 Å². The van der Waals surface area contributed by atoms with Gasteiger partial charge in [0.25, 0.3) is 0 Å². The highest BCUT2D eigenvalue weighted by atomic mass is 15.1. The molecule has 0 spiro atoms. The summed E-state index contributed by atoms with van der Waals surface area (Å²) in [7, 11) is 2.06. The summed E-state index contributed by atoms with van der Waals surface area (Å²) in [6.45, 7) is 0.825. The van der Waals surface area contributed by atoms with E-state index in [4.69, 9.17) is 5.26 Å². The van der Waals surface area contributed by atoms with Crippen molar-refractivity contribution in [3.05, 3.63) is 30.5 Å². The quantitative estimate of drug-likeness (QED) is 0.872. The fourth-order valence-electron chi connectivity index (χ4n) is 2.37. The van der Waals surface area contributed by atoms with Gasteiger partial charge in [-0.3, -0.25) is 0 Å². The van der Waals surface area contributed by atoms with Gasteiger partial charge in [0.05, 0.1) is 17.2 Å². The van der Waals surface area contributed by atoms with Crippen LogP contribution < -0.4 is 4.90 Å². The molecule has 0 amide bonds. The summed E-state index contributed by atoms with van der Waals surface area (Å²) in [5.74, 6) is 0. The Kier molecular flexibility index (Phi) is 2.12. The smallest absolute Gasteiger partial charge is 0.0749 e. The Morgan fingerprint density at radius 1 is 1.41 bits per heavy atom. The molecule has 1 saturated carbocycles. The van der Waals surface area contributed by atoms with E-state index >= 15 is 0 Å². The molecule has 0 unspecified atom stereocenters. The summed E-state index contributed by atoms with van der Waals surface area (Å²) in [4.78, 5) is 5.46. The highest BCUT2D eigenvalue weighted by Crippen LogP contribution is 2.46. The molecule has 0 saturated heterocycles. The number of aromatic amines is 1. The predicted octanol–water partition coefficient (Wildman–Crippen LogP) is 2.91. The molecule has 1 N–H and O–H groups in total. The molecule has 1 heterocycles. The zero-order valence-electron chi connectivity index (χ0n) is 9.90. The van der Waals surface area contributed by atoms with Crippen molar-refractivity contribution < 1.29 is 0 Å². The van der Waals surface area contributed by atoms with Crippen molar-refractivity contribution in [2.45, 2.75) is 12.8 Å². The maximum Gasteiger partial charge on any atom is 0.0749 e. The number of hydrogen-bond acceptors (Lipinski definition) is 2. The van der Waals surface area contributed by atoms with Gasteiger partial charge in [-0.2, -0.15) is 5.26 Å². The molecule has 2 aromatic rings. The van der Waals surface area contributed by atoms with E-state index in [1.54, 1.807) is 0 Å². The minimum Gasteiger partial charge on any atom is -0.371 e. The molecule has 1 fully saturated rings. The number of rotatable bonds is 3. The largest absolute Gasteiger partial charge is 0.371 e. The van der Waals surface area contributed by atoms with E-state index in [-0.39, 0.29) is 5.41 Å². The summed E-state index contributed by atoms with van der Waals surface area (Å²) in [6, 6.07) is 10.7.